The second kappa shape index (κ2) is 1.77. The van der Waals surface area contributed by atoms with Crippen molar-refractivity contribution in [3.05, 3.63) is 0 Å². The third kappa shape index (κ3) is 1.02. The van der Waals surface area contributed by atoms with E-state index < -0.39 is 0 Å². The normalized spacial score (nSPS) is 41.2. The molecule has 50 valence electrons. The first kappa shape index (κ1) is 7.18. The van der Waals surface area contributed by atoms with E-state index in [0.717, 1.165) is 0 Å². The van der Waals surface area contributed by atoms with Gasteiger partial charge >= 0.3 is 0 Å². The van der Waals surface area contributed by atoms with Crippen LogP contribution in [0.2, 0.25) is 5.31 Å². The Morgan fingerprint density at radius 2 is 1.67 bits per heavy atom. The first-order chi connectivity index (χ1) is 3.96. The van der Waals surface area contributed by atoms with Gasteiger partial charge in [-0.15, -0.1) is 0 Å². The van der Waals surface area contributed by atoms with E-state index in [1.807, 2.05) is 0 Å². The standard InChI is InChI=1S/C8H15B/c1-7(2)5-4-6-8(7,3)9/h4-6H2,1-3H3. The van der Waals surface area contributed by atoms with E-state index in [-0.39, 0.29) is 5.31 Å². The average molecular weight is 122 g/mol. The molecule has 0 spiro atoms. The van der Waals surface area contributed by atoms with Crippen LogP contribution in [0, 0.1) is 5.41 Å². The molecular weight excluding hydrogens is 107 g/mol. The van der Waals surface area contributed by atoms with Crippen LogP contribution in [0.25, 0.3) is 0 Å². The molecule has 1 saturated carbocycles. The lowest BCUT2D eigenvalue weighted by atomic mass is 9.57. The van der Waals surface area contributed by atoms with Gasteiger partial charge in [-0.25, -0.2) is 0 Å². The van der Waals surface area contributed by atoms with Crippen LogP contribution < -0.4 is 0 Å². The molecule has 2 radical (unpaired) electrons. The molecule has 0 aliphatic heterocycles. The number of hydrogen-bond donors (Lipinski definition) is 0. The molecule has 1 fully saturated rings. The minimum Gasteiger partial charge on any atom is -0.0671 e. The predicted molar refractivity (Wildman–Crippen MR) is 41.8 cm³/mol. The van der Waals surface area contributed by atoms with E-state index in [1.165, 1.54) is 19.3 Å². The smallest absolute Gasteiger partial charge is 0.0671 e. The van der Waals surface area contributed by atoms with E-state index in [0.29, 0.717) is 5.41 Å². The fourth-order valence-corrected chi connectivity index (χ4v) is 1.52. The lowest BCUT2D eigenvalue weighted by Crippen LogP contribution is -2.22. The summed E-state index contributed by atoms with van der Waals surface area (Å²) in [5.41, 5.74) is 0.368. The molecule has 1 aliphatic carbocycles. The Morgan fingerprint density at radius 1 is 1.11 bits per heavy atom. The highest BCUT2D eigenvalue weighted by Crippen LogP contribution is 2.55. The number of rotatable bonds is 0. The summed E-state index contributed by atoms with van der Waals surface area (Å²) in [5.74, 6) is 0. The lowest BCUT2D eigenvalue weighted by Gasteiger charge is -2.35. The lowest BCUT2D eigenvalue weighted by molar-refractivity contribution is 0.299. The van der Waals surface area contributed by atoms with Gasteiger partial charge in [0.05, 0.1) is 7.85 Å². The highest BCUT2D eigenvalue weighted by molar-refractivity contribution is 6.15. The van der Waals surface area contributed by atoms with Gasteiger partial charge in [-0.1, -0.05) is 38.9 Å². The molecule has 0 aromatic carbocycles. The van der Waals surface area contributed by atoms with Crippen LogP contribution >= 0.6 is 0 Å². The molecule has 0 bridgehead atoms. The quantitative estimate of drug-likeness (QED) is 0.433. The maximum Gasteiger partial charge on any atom is 0.0749 e. The Labute approximate surface area is 59.4 Å². The molecule has 0 N–H and O–H groups in total. The molecule has 0 nitrogen and oxygen atoms in total. The van der Waals surface area contributed by atoms with E-state index in [2.05, 4.69) is 20.8 Å². The van der Waals surface area contributed by atoms with Gasteiger partial charge in [-0.2, -0.15) is 0 Å². The van der Waals surface area contributed by atoms with E-state index in [1.54, 1.807) is 0 Å². The van der Waals surface area contributed by atoms with Crippen molar-refractivity contribution in [3.63, 3.8) is 0 Å². The largest absolute Gasteiger partial charge is 0.0749 e. The van der Waals surface area contributed by atoms with Gasteiger partial charge in [-0.05, 0) is 11.8 Å². The summed E-state index contributed by atoms with van der Waals surface area (Å²) in [7, 11) is 6.06. The molecule has 0 saturated heterocycles. The molecule has 0 aromatic heterocycles. The Balaban J connectivity index is 2.75. The van der Waals surface area contributed by atoms with Gasteiger partial charge < -0.3 is 0 Å². The van der Waals surface area contributed by atoms with Crippen molar-refractivity contribution in [3.8, 4) is 0 Å². The zero-order valence-electron chi connectivity index (χ0n) is 6.70. The summed E-state index contributed by atoms with van der Waals surface area (Å²) in [6, 6.07) is 0. The van der Waals surface area contributed by atoms with Crippen molar-refractivity contribution in [1.82, 2.24) is 0 Å². The van der Waals surface area contributed by atoms with Gasteiger partial charge in [0, 0.05) is 0 Å². The topological polar surface area (TPSA) is 0 Å². The van der Waals surface area contributed by atoms with Gasteiger partial charge in [0.25, 0.3) is 0 Å². The molecule has 1 aliphatic rings. The molecular formula is C8H15B. The molecule has 9 heavy (non-hydrogen) atoms. The number of hydrogen-bond acceptors (Lipinski definition) is 0. The molecule has 1 atom stereocenters. The minimum absolute atomic E-state index is 0.0903. The van der Waals surface area contributed by atoms with Crippen molar-refractivity contribution in [1.29, 1.82) is 0 Å². The van der Waals surface area contributed by atoms with Crippen molar-refractivity contribution >= 4 is 7.85 Å². The molecule has 1 heteroatoms. The van der Waals surface area contributed by atoms with Crippen molar-refractivity contribution < 1.29 is 0 Å². The van der Waals surface area contributed by atoms with Gasteiger partial charge in [0.15, 0.2) is 0 Å². The van der Waals surface area contributed by atoms with Crippen molar-refractivity contribution in [2.24, 2.45) is 5.41 Å². The van der Waals surface area contributed by atoms with Crippen LogP contribution in [-0.4, -0.2) is 7.85 Å². The van der Waals surface area contributed by atoms with Crippen LogP contribution in [0.5, 0.6) is 0 Å². The highest BCUT2D eigenvalue weighted by atomic mass is 14.4. The van der Waals surface area contributed by atoms with Gasteiger partial charge in [0.1, 0.15) is 0 Å². The third-order valence-corrected chi connectivity index (χ3v) is 3.04. The summed E-state index contributed by atoms with van der Waals surface area (Å²) in [5, 5.41) is 0.0903. The fourth-order valence-electron chi connectivity index (χ4n) is 1.52. The Kier molecular flexibility index (Phi) is 1.41. The zero-order chi connectivity index (χ0) is 7.12. The average Bonchev–Trinajstić information content (AvgIpc) is 1.81. The summed E-state index contributed by atoms with van der Waals surface area (Å²) in [6.45, 7) is 6.69. The summed E-state index contributed by atoms with van der Waals surface area (Å²) >= 11 is 0. The predicted octanol–water partition coefficient (Wildman–Crippen LogP) is 2.54. The Morgan fingerprint density at radius 3 is 1.78 bits per heavy atom. The minimum atomic E-state index is 0.0903. The molecule has 0 heterocycles. The fraction of sp³-hybridized carbons (Fsp3) is 1.00. The summed E-state index contributed by atoms with van der Waals surface area (Å²) < 4.78 is 0. The molecule has 0 amide bonds. The molecule has 1 unspecified atom stereocenters. The molecule has 0 aromatic rings. The monoisotopic (exact) mass is 122 g/mol. The first-order valence-corrected chi connectivity index (χ1v) is 3.75. The van der Waals surface area contributed by atoms with E-state index in [9.17, 15) is 0 Å². The maximum absolute atomic E-state index is 6.06. The van der Waals surface area contributed by atoms with Gasteiger partial charge in [0.2, 0.25) is 0 Å². The van der Waals surface area contributed by atoms with E-state index >= 15 is 0 Å². The van der Waals surface area contributed by atoms with Gasteiger partial charge in [-0.3, -0.25) is 0 Å². The van der Waals surface area contributed by atoms with Crippen molar-refractivity contribution in [2.75, 3.05) is 0 Å². The summed E-state index contributed by atoms with van der Waals surface area (Å²) in [6.07, 6.45) is 3.79. The van der Waals surface area contributed by atoms with E-state index in [4.69, 9.17) is 7.85 Å². The Hall–Kier alpha value is 0.0649. The Bertz CT molecular complexity index is 99.7. The zero-order valence-corrected chi connectivity index (χ0v) is 6.70. The SMILES string of the molecule is [B]C1(C)CCCC1(C)C. The van der Waals surface area contributed by atoms with Crippen LogP contribution in [0.4, 0.5) is 0 Å². The van der Waals surface area contributed by atoms with Crippen LogP contribution in [0.3, 0.4) is 0 Å². The summed E-state index contributed by atoms with van der Waals surface area (Å²) in [4.78, 5) is 0. The highest BCUT2D eigenvalue weighted by Gasteiger charge is 2.40. The third-order valence-electron chi connectivity index (χ3n) is 3.04. The molecule has 1 rings (SSSR count). The van der Waals surface area contributed by atoms with Crippen LogP contribution in [0.1, 0.15) is 40.0 Å². The second-order valence-electron chi connectivity index (χ2n) is 4.15. The first-order valence-electron chi connectivity index (χ1n) is 3.75. The van der Waals surface area contributed by atoms with Crippen LogP contribution in [-0.2, 0) is 0 Å². The van der Waals surface area contributed by atoms with Crippen LogP contribution in [0.15, 0.2) is 0 Å². The maximum atomic E-state index is 6.06. The second-order valence-corrected chi connectivity index (χ2v) is 4.15. The van der Waals surface area contributed by atoms with Crippen molar-refractivity contribution in [2.45, 2.75) is 45.3 Å².